The highest BCUT2D eigenvalue weighted by Gasteiger charge is 2.30. The molecule has 0 unspecified atom stereocenters. The maximum atomic E-state index is 12.7. The molecule has 3 aromatic rings. The Morgan fingerprint density at radius 2 is 2.04 bits per heavy atom. The molecule has 2 amide bonds. The first-order valence-electron chi connectivity index (χ1n) is 8.85. The zero-order valence-corrected chi connectivity index (χ0v) is 15.8. The topological polar surface area (TPSA) is 67.2 Å². The lowest BCUT2D eigenvalue weighted by Gasteiger charge is -2.24. The van der Waals surface area contributed by atoms with Crippen LogP contribution in [0.1, 0.15) is 40.6 Å². The average Bonchev–Trinajstić information content (AvgIpc) is 3.42. The summed E-state index contributed by atoms with van der Waals surface area (Å²) in [6.07, 6.45) is 5.33. The van der Waals surface area contributed by atoms with E-state index in [1.165, 1.54) is 5.56 Å². The van der Waals surface area contributed by atoms with E-state index in [1.54, 1.807) is 59.6 Å². The third-order valence-electron chi connectivity index (χ3n) is 4.86. The highest BCUT2D eigenvalue weighted by Crippen LogP contribution is 2.33. The van der Waals surface area contributed by atoms with Crippen molar-refractivity contribution in [1.82, 2.24) is 14.5 Å². The predicted molar refractivity (Wildman–Crippen MR) is 105 cm³/mol. The number of hydrogen-bond acceptors (Lipinski definition) is 4. The number of amides is 2. The smallest absolute Gasteiger partial charge is 0.322 e. The van der Waals surface area contributed by atoms with Crippen molar-refractivity contribution >= 4 is 28.8 Å². The van der Waals surface area contributed by atoms with Crippen LogP contribution in [0.4, 0.5) is 10.5 Å². The standard InChI is InChI=1S/C20H20N4O2S/c1-23-11-9-21-19(23)18(25)14-4-6-16(7-5-14)22-20(26)24-10-2-3-17(24)15-8-12-27-13-15/h4-9,11-13,17H,2-3,10H2,1H3,(H,22,26)/t17-/m0/s1. The van der Waals surface area contributed by atoms with Gasteiger partial charge < -0.3 is 14.8 Å². The molecule has 6 nitrogen and oxygen atoms in total. The van der Waals surface area contributed by atoms with Gasteiger partial charge in [-0.3, -0.25) is 4.79 Å². The maximum absolute atomic E-state index is 12.7. The van der Waals surface area contributed by atoms with Crippen LogP contribution in [0, 0.1) is 0 Å². The Bertz CT molecular complexity index is 947. The van der Waals surface area contributed by atoms with Gasteiger partial charge in [-0.1, -0.05) is 0 Å². The van der Waals surface area contributed by atoms with Gasteiger partial charge in [0.2, 0.25) is 5.78 Å². The third kappa shape index (κ3) is 3.50. The summed E-state index contributed by atoms with van der Waals surface area (Å²) in [6.45, 7) is 0.752. The summed E-state index contributed by atoms with van der Waals surface area (Å²) in [7, 11) is 1.79. The molecule has 2 aromatic heterocycles. The quantitative estimate of drug-likeness (QED) is 0.694. The molecule has 1 saturated heterocycles. The Kier molecular flexibility index (Phi) is 4.77. The zero-order chi connectivity index (χ0) is 18.8. The normalized spacial score (nSPS) is 16.5. The van der Waals surface area contributed by atoms with E-state index in [4.69, 9.17) is 0 Å². The second-order valence-corrected chi connectivity index (χ2v) is 7.39. The van der Waals surface area contributed by atoms with Crippen LogP contribution in [-0.2, 0) is 7.05 Å². The molecule has 1 aromatic carbocycles. The van der Waals surface area contributed by atoms with Crippen LogP contribution >= 0.6 is 11.3 Å². The van der Waals surface area contributed by atoms with E-state index in [0.717, 1.165) is 19.4 Å². The highest BCUT2D eigenvalue weighted by atomic mass is 32.1. The molecule has 3 heterocycles. The number of carbonyl (C=O) groups excluding carboxylic acids is 2. The van der Waals surface area contributed by atoms with E-state index in [1.807, 2.05) is 10.3 Å². The number of urea groups is 1. The Morgan fingerprint density at radius 3 is 2.70 bits per heavy atom. The first-order chi connectivity index (χ1) is 13.1. The SMILES string of the molecule is Cn1ccnc1C(=O)c1ccc(NC(=O)N2CCC[C@H]2c2ccsc2)cc1. The number of aromatic nitrogens is 2. The van der Waals surface area contributed by atoms with E-state index < -0.39 is 0 Å². The summed E-state index contributed by atoms with van der Waals surface area (Å²) in [5.74, 6) is 0.250. The van der Waals surface area contributed by atoms with Crippen LogP contribution in [0.2, 0.25) is 0 Å². The highest BCUT2D eigenvalue weighted by molar-refractivity contribution is 7.08. The molecule has 0 radical (unpaired) electrons. The number of nitrogens with zero attached hydrogens (tertiary/aromatic N) is 3. The number of benzene rings is 1. The molecule has 0 bridgehead atoms. The van der Waals surface area contributed by atoms with Gasteiger partial charge in [-0.05, 0) is 59.5 Å². The van der Waals surface area contributed by atoms with Crippen LogP contribution < -0.4 is 5.32 Å². The molecular weight excluding hydrogens is 360 g/mol. The average molecular weight is 380 g/mol. The van der Waals surface area contributed by atoms with Crippen LogP contribution in [0.15, 0.2) is 53.5 Å². The zero-order valence-electron chi connectivity index (χ0n) is 15.0. The fraction of sp³-hybridized carbons (Fsp3) is 0.250. The van der Waals surface area contributed by atoms with Gasteiger partial charge in [0.25, 0.3) is 0 Å². The number of aryl methyl sites for hydroxylation is 1. The van der Waals surface area contributed by atoms with E-state index in [2.05, 4.69) is 21.7 Å². The lowest BCUT2D eigenvalue weighted by Crippen LogP contribution is -2.34. The molecule has 138 valence electrons. The van der Waals surface area contributed by atoms with Crippen molar-refractivity contribution in [3.63, 3.8) is 0 Å². The summed E-state index contributed by atoms with van der Waals surface area (Å²) in [5, 5.41) is 7.09. The largest absolute Gasteiger partial charge is 0.331 e. The second kappa shape index (κ2) is 7.36. The molecule has 1 aliphatic heterocycles. The first-order valence-corrected chi connectivity index (χ1v) is 9.79. The number of imidazole rings is 1. The van der Waals surface area contributed by atoms with Crippen LogP contribution in [0.25, 0.3) is 0 Å². The number of anilines is 1. The van der Waals surface area contributed by atoms with Crippen molar-refractivity contribution in [3.8, 4) is 0 Å². The molecule has 0 saturated carbocycles. The van der Waals surface area contributed by atoms with Gasteiger partial charge in [-0.15, -0.1) is 0 Å². The summed E-state index contributed by atoms with van der Waals surface area (Å²) in [4.78, 5) is 31.1. The molecule has 1 N–H and O–H groups in total. The van der Waals surface area contributed by atoms with Gasteiger partial charge in [0.15, 0.2) is 5.82 Å². The fourth-order valence-corrected chi connectivity index (χ4v) is 4.14. The third-order valence-corrected chi connectivity index (χ3v) is 5.57. The van der Waals surface area contributed by atoms with Gasteiger partial charge in [-0.25, -0.2) is 9.78 Å². The monoisotopic (exact) mass is 380 g/mol. The van der Waals surface area contributed by atoms with Gasteiger partial charge in [0.1, 0.15) is 0 Å². The molecule has 0 spiro atoms. The van der Waals surface area contributed by atoms with Crippen LogP contribution in [0.5, 0.6) is 0 Å². The fourth-order valence-electron chi connectivity index (χ4n) is 3.43. The number of ketones is 1. The Labute approximate surface area is 161 Å². The van der Waals surface area contributed by atoms with Crippen molar-refractivity contribution in [1.29, 1.82) is 0 Å². The minimum Gasteiger partial charge on any atom is -0.331 e. The van der Waals surface area contributed by atoms with Crippen molar-refractivity contribution in [3.05, 3.63) is 70.4 Å². The van der Waals surface area contributed by atoms with Crippen LogP contribution in [0.3, 0.4) is 0 Å². The number of rotatable bonds is 4. The van der Waals surface area contributed by atoms with Crippen molar-refractivity contribution in [2.24, 2.45) is 7.05 Å². The Morgan fingerprint density at radius 1 is 1.22 bits per heavy atom. The Balaban J connectivity index is 1.44. The minimum atomic E-state index is -0.141. The molecule has 1 aliphatic rings. The van der Waals surface area contributed by atoms with Gasteiger partial charge in [0, 0.05) is 37.2 Å². The molecule has 1 atom stereocenters. The van der Waals surface area contributed by atoms with E-state index in [-0.39, 0.29) is 17.9 Å². The Hall–Kier alpha value is -2.93. The van der Waals surface area contributed by atoms with Gasteiger partial charge >= 0.3 is 6.03 Å². The lowest BCUT2D eigenvalue weighted by atomic mass is 10.1. The van der Waals surface area contributed by atoms with Crippen molar-refractivity contribution in [2.45, 2.75) is 18.9 Å². The molecule has 1 fully saturated rings. The molecule has 4 rings (SSSR count). The number of thiophene rings is 1. The van der Waals surface area contributed by atoms with Gasteiger partial charge in [0.05, 0.1) is 6.04 Å². The first kappa shape index (κ1) is 17.5. The summed E-state index contributed by atoms with van der Waals surface area (Å²) in [5.41, 5.74) is 2.41. The van der Waals surface area contributed by atoms with E-state index in [9.17, 15) is 9.59 Å². The summed E-state index contributed by atoms with van der Waals surface area (Å²) < 4.78 is 1.69. The maximum Gasteiger partial charge on any atom is 0.322 e. The summed E-state index contributed by atoms with van der Waals surface area (Å²) >= 11 is 1.65. The second-order valence-electron chi connectivity index (χ2n) is 6.61. The lowest BCUT2D eigenvalue weighted by molar-refractivity contribution is 0.102. The number of likely N-dealkylation sites (tertiary alicyclic amines) is 1. The number of nitrogens with one attached hydrogen (secondary N) is 1. The number of hydrogen-bond donors (Lipinski definition) is 1. The van der Waals surface area contributed by atoms with E-state index in [0.29, 0.717) is 17.1 Å². The molecular formula is C20H20N4O2S. The molecule has 0 aliphatic carbocycles. The van der Waals surface area contributed by atoms with Gasteiger partial charge in [-0.2, -0.15) is 11.3 Å². The summed E-state index contributed by atoms with van der Waals surface area (Å²) in [6, 6.07) is 9.05. The molecule has 27 heavy (non-hydrogen) atoms. The van der Waals surface area contributed by atoms with E-state index >= 15 is 0 Å². The predicted octanol–water partition coefficient (Wildman–Crippen LogP) is 4.08. The minimum absolute atomic E-state index is 0.105. The number of carbonyl (C=O) groups is 2. The van der Waals surface area contributed by atoms with Crippen LogP contribution in [-0.4, -0.2) is 32.8 Å². The van der Waals surface area contributed by atoms with Crippen molar-refractivity contribution < 1.29 is 9.59 Å². The molecule has 7 heteroatoms. The van der Waals surface area contributed by atoms with Crippen molar-refractivity contribution in [2.75, 3.05) is 11.9 Å².